The van der Waals surface area contributed by atoms with Gasteiger partial charge in [0, 0.05) is 25.0 Å². The summed E-state index contributed by atoms with van der Waals surface area (Å²) in [6.07, 6.45) is 7.33. The lowest BCUT2D eigenvalue weighted by Gasteiger charge is -2.36. The number of carbonyl (C=O) groups excluding carboxylic acids is 1. The molecule has 1 N–H and O–H groups in total. The number of hydrogen-bond acceptors (Lipinski definition) is 2. The number of nitrogens with zero attached hydrogens (tertiary/aromatic N) is 1. The van der Waals surface area contributed by atoms with Crippen molar-refractivity contribution in [2.75, 3.05) is 13.1 Å². The lowest BCUT2D eigenvalue weighted by molar-refractivity contribution is -0.134. The van der Waals surface area contributed by atoms with Crippen molar-refractivity contribution in [1.82, 2.24) is 10.2 Å². The van der Waals surface area contributed by atoms with Gasteiger partial charge in [-0.3, -0.25) is 4.79 Å². The van der Waals surface area contributed by atoms with Gasteiger partial charge >= 0.3 is 0 Å². The van der Waals surface area contributed by atoms with Gasteiger partial charge in [0.05, 0.1) is 0 Å². The summed E-state index contributed by atoms with van der Waals surface area (Å²) in [5.41, 5.74) is 2.91. The van der Waals surface area contributed by atoms with Crippen LogP contribution in [0.15, 0.2) is 24.3 Å². The van der Waals surface area contributed by atoms with Gasteiger partial charge in [-0.05, 0) is 56.2 Å². The SMILES string of the molecule is CCCN(C(=O)CC1CCCN1)C1CCc2ccccc2C1. The van der Waals surface area contributed by atoms with Gasteiger partial charge in [0.1, 0.15) is 0 Å². The first-order valence-corrected chi connectivity index (χ1v) is 8.87. The molecule has 0 radical (unpaired) electrons. The molecule has 0 aromatic heterocycles. The van der Waals surface area contributed by atoms with Crippen LogP contribution >= 0.6 is 0 Å². The molecule has 22 heavy (non-hydrogen) atoms. The van der Waals surface area contributed by atoms with Crippen LogP contribution in [0.2, 0.25) is 0 Å². The van der Waals surface area contributed by atoms with Crippen LogP contribution in [-0.4, -0.2) is 36.0 Å². The van der Waals surface area contributed by atoms with Crippen molar-refractivity contribution in [2.24, 2.45) is 0 Å². The molecule has 1 aliphatic heterocycles. The first kappa shape index (κ1) is 15.5. The minimum absolute atomic E-state index is 0.352. The highest BCUT2D eigenvalue weighted by Gasteiger charge is 2.29. The van der Waals surface area contributed by atoms with Crippen LogP contribution in [0.4, 0.5) is 0 Å². The first-order valence-electron chi connectivity index (χ1n) is 8.87. The molecule has 1 heterocycles. The summed E-state index contributed by atoms with van der Waals surface area (Å²) in [5, 5.41) is 3.46. The van der Waals surface area contributed by atoms with Crippen LogP contribution in [0.25, 0.3) is 0 Å². The minimum Gasteiger partial charge on any atom is -0.339 e. The van der Waals surface area contributed by atoms with Crippen LogP contribution in [0, 0.1) is 0 Å². The molecule has 1 fully saturated rings. The van der Waals surface area contributed by atoms with Crippen molar-refractivity contribution in [1.29, 1.82) is 0 Å². The van der Waals surface area contributed by atoms with Crippen molar-refractivity contribution in [3.8, 4) is 0 Å². The van der Waals surface area contributed by atoms with Gasteiger partial charge in [-0.25, -0.2) is 0 Å². The number of fused-ring (bicyclic) bond motifs is 1. The molecule has 3 heteroatoms. The van der Waals surface area contributed by atoms with Crippen molar-refractivity contribution in [3.63, 3.8) is 0 Å². The second-order valence-electron chi connectivity index (χ2n) is 6.75. The zero-order valence-corrected chi connectivity index (χ0v) is 13.7. The number of amides is 1. The fraction of sp³-hybridized carbons (Fsp3) is 0.632. The minimum atomic E-state index is 0.352. The average Bonchev–Trinajstić information content (AvgIpc) is 3.05. The van der Waals surface area contributed by atoms with Gasteiger partial charge in [-0.1, -0.05) is 31.2 Å². The van der Waals surface area contributed by atoms with E-state index in [0.29, 0.717) is 24.4 Å². The third kappa shape index (κ3) is 3.52. The molecule has 2 aliphatic rings. The zero-order chi connectivity index (χ0) is 15.4. The maximum atomic E-state index is 12.8. The Morgan fingerprint density at radius 3 is 2.82 bits per heavy atom. The van der Waals surface area contributed by atoms with Gasteiger partial charge in [-0.2, -0.15) is 0 Å². The van der Waals surface area contributed by atoms with E-state index in [1.54, 1.807) is 0 Å². The van der Waals surface area contributed by atoms with E-state index in [1.807, 2.05) is 0 Å². The predicted octanol–water partition coefficient (Wildman–Crippen LogP) is 2.92. The average molecular weight is 300 g/mol. The van der Waals surface area contributed by atoms with Crippen LogP contribution in [0.5, 0.6) is 0 Å². The predicted molar refractivity (Wildman–Crippen MR) is 89.9 cm³/mol. The number of aryl methyl sites for hydroxylation is 1. The van der Waals surface area contributed by atoms with Gasteiger partial charge in [0.15, 0.2) is 0 Å². The molecule has 1 saturated heterocycles. The molecule has 1 amide bonds. The molecule has 0 spiro atoms. The van der Waals surface area contributed by atoms with E-state index in [0.717, 1.165) is 45.2 Å². The molecule has 3 nitrogen and oxygen atoms in total. The summed E-state index contributed by atoms with van der Waals surface area (Å²) >= 11 is 0. The van der Waals surface area contributed by atoms with Crippen molar-refractivity contribution in [3.05, 3.63) is 35.4 Å². The molecule has 2 atom stereocenters. The van der Waals surface area contributed by atoms with Crippen molar-refractivity contribution < 1.29 is 4.79 Å². The fourth-order valence-electron chi connectivity index (χ4n) is 3.96. The van der Waals surface area contributed by atoms with Gasteiger partial charge in [-0.15, -0.1) is 0 Å². The summed E-state index contributed by atoms with van der Waals surface area (Å²) in [6, 6.07) is 9.51. The van der Waals surface area contributed by atoms with E-state index >= 15 is 0 Å². The standard InChI is InChI=1S/C19H28N2O/c1-2-12-21(19(22)14-17-8-5-11-20-17)18-10-9-15-6-3-4-7-16(15)13-18/h3-4,6-7,17-18,20H,2,5,8-14H2,1H3. The summed E-state index contributed by atoms with van der Waals surface area (Å²) in [4.78, 5) is 15.0. The van der Waals surface area contributed by atoms with Crippen LogP contribution in [-0.2, 0) is 17.6 Å². The summed E-state index contributed by atoms with van der Waals surface area (Å²) < 4.78 is 0. The summed E-state index contributed by atoms with van der Waals surface area (Å²) in [5.74, 6) is 0.352. The molecular formula is C19H28N2O. The van der Waals surface area contributed by atoms with Crippen LogP contribution in [0.1, 0.15) is 50.2 Å². The second-order valence-corrected chi connectivity index (χ2v) is 6.75. The smallest absolute Gasteiger partial charge is 0.224 e. The van der Waals surface area contributed by atoms with E-state index < -0.39 is 0 Å². The van der Waals surface area contributed by atoms with E-state index in [2.05, 4.69) is 41.4 Å². The monoisotopic (exact) mass is 300 g/mol. The lowest BCUT2D eigenvalue weighted by Crippen LogP contribution is -2.45. The fourth-order valence-corrected chi connectivity index (χ4v) is 3.96. The van der Waals surface area contributed by atoms with Crippen molar-refractivity contribution in [2.45, 2.75) is 64.0 Å². The Labute approximate surface area is 134 Å². The molecule has 1 aliphatic carbocycles. The first-order chi connectivity index (χ1) is 10.8. The normalized spacial score (nSPS) is 24.0. The third-order valence-electron chi connectivity index (χ3n) is 5.13. The molecule has 1 aromatic rings. The molecule has 1 aromatic carbocycles. The summed E-state index contributed by atoms with van der Waals surface area (Å²) in [6.45, 7) is 4.14. The largest absolute Gasteiger partial charge is 0.339 e. The molecule has 0 saturated carbocycles. The Morgan fingerprint density at radius 2 is 2.09 bits per heavy atom. The van der Waals surface area contributed by atoms with Gasteiger partial charge < -0.3 is 10.2 Å². The Morgan fingerprint density at radius 1 is 1.27 bits per heavy atom. The van der Waals surface area contributed by atoms with E-state index in [-0.39, 0.29) is 0 Å². The number of rotatable bonds is 5. The zero-order valence-electron chi connectivity index (χ0n) is 13.7. The number of hydrogen-bond donors (Lipinski definition) is 1. The molecule has 3 rings (SSSR count). The number of benzene rings is 1. The number of nitrogens with one attached hydrogen (secondary N) is 1. The van der Waals surface area contributed by atoms with Crippen LogP contribution in [0.3, 0.4) is 0 Å². The highest BCUT2D eigenvalue weighted by atomic mass is 16.2. The van der Waals surface area contributed by atoms with Gasteiger partial charge in [0.25, 0.3) is 0 Å². The molecule has 0 bridgehead atoms. The maximum absolute atomic E-state index is 12.8. The van der Waals surface area contributed by atoms with E-state index in [4.69, 9.17) is 0 Å². The topological polar surface area (TPSA) is 32.3 Å². The third-order valence-corrected chi connectivity index (χ3v) is 5.13. The number of carbonyl (C=O) groups is 1. The van der Waals surface area contributed by atoms with E-state index in [1.165, 1.54) is 17.5 Å². The Kier molecular flexibility index (Phi) is 5.14. The summed E-state index contributed by atoms with van der Waals surface area (Å²) in [7, 11) is 0. The molecule has 2 unspecified atom stereocenters. The highest BCUT2D eigenvalue weighted by Crippen LogP contribution is 2.25. The quantitative estimate of drug-likeness (QED) is 0.907. The van der Waals surface area contributed by atoms with E-state index in [9.17, 15) is 4.79 Å². The Balaban J connectivity index is 1.67. The highest BCUT2D eigenvalue weighted by molar-refractivity contribution is 5.77. The molecule has 120 valence electrons. The Hall–Kier alpha value is -1.35. The van der Waals surface area contributed by atoms with Crippen molar-refractivity contribution >= 4 is 5.91 Å². The lowest BCUT2D eigenvalue weighted by atomic mass is 9.87. The van der Waals surface area contributed by atoms with Crippen LogP contribution < -0.4 is 5.32 Å². The molecular weight excluding hydrogens is 272 g/mol. The maximum Gasteiger partial charge on any atom is 0.224 e. The van der Waals surface area contributed by atoms with Gasteiger partial charge in [0.2, 0.25) is 5.91 Å². The second kappa shape index (κ2) is 7.28. The Bertz CT molecular complexity index is 508.